The van der Waals surface area contributed by atoms with Crippen molar-refractivity contribution in [1.29, 1.82) is 0 Å². The number of nitrogens with one attached hydrogen (secondary N) is 2. The van der Waals surface area contributed by atoms with Crippen LogP contribution in [0.4, 0.5) is 5.82 Å². The Morgan fingerprint density at radius 2 is 1.87 bits per heavy atom. The molecule has 0 radical (unpaired) electrons. The van der Waals surface area contributed by atoms with E-state index in [0.29, 0.717) is 43.4 Å². The van der Waals surface area contributed by atoms with E-state index >= 15 is 0 Å². The predicted octanol–water partition coefficient (Wildman–Crippen LogP) is 2.88. The zero-order chi connectivity index (χ0) is 21.3. The molecule has 0 saturated heterocycles. The smallest absolute Gasteiger partial charge is 0.251 e. The number of aromatic nitrogens is 4. The maximum absolute atomic E-state index is 12.6. The van der Waals surface area contributed by atoms with E-state index in [2.05, 4.69) is 32.6 Å². The Kier molecular flexibility index (Phi) is 7.42. The molecule has 0 spiro atoms. The van der Waals surface area contributed by atoms with Crippen LogP contribution >= 0.6 is 0 Å². The van der Waals surface area contributed by atoms with Crippen molar-refractivity contribution in [1.82, 2.24) is 25.1 Å². The fraction of sp³-hybridized carbons (Fsp3) is 0.429. The van der Waals surface area contributed by atoms with E-state index in [-0.39, 0.29) is 5.91 Å². The van der Waals surface area contributed by atoms with Gasteiger partial charge in [-0.2, -0.15) is 5.10 Å². The summed E-state index contributed by atoms with van der Waals surface area (Å²) in [5.74, 6) is 1.78. The standard InChI is InChI=1S/C21H28N6O3/c1-4-9-22-19-16-13-26-27(20(16)25-14-24-19)11-10-23-21(28)15-7-8-17(29-5-2)18(12-15)30-6-3/h7-8,12-14H,4-6,9-11H2,1-3H3,(H,23,28)(H,22,24,25). The number of carbonyl (C=O) groups is 1. The Balaban J connectivity index is 1.64. The lowest BCUT2D eigenvalue weighted by molar-refractivity contribution is 0.0951. The van der Waals surface area contributed by atoms with Crippen molar-refractivity contribution in [3.8, 4) is 11.5 Å². The first-order valence-electron chi connectivity index (χ1n) is 10.3. The molecule has 0 atom stereocenters. The summed E-state index contributed by atoms with van der Waals surface area (Å²) in [6.07, 6.45) is 4.27. The van der Waals surface area contributed by atoms with E-state index in [1.54, 1.807) is 29.1 Å². The van der Waals surface area contributed by atoms with Crippen LogP contribution in [0.1, 0.15) is 37.6 Å². The van der Waals surface area contributed by atoms with Crippen molar-refractivity contribution in [2.75, 3.05) is 31.6 Å². The molecular formula is C21H28N6O3. The molecule has 9 nitrogen and oxygen atoms in total. The van der Waals surface area contributed by atoms with Crippen LogP contribution < -0.4 is 20.1 Å². The van der Waals surface area contributed by atoms with Crippen LogP contribution in [0.25, 0.3) is 11.0 Å². The second kappa shape index (κ2) is 10.4. The highest BCUT2D eigenvalue weighted by atomic mass is 16.5. The Labute approximate surface area is 175 Å². The summed E-state index contributed by atoms with van der Waals surface area (Å²) >= 11 is 0. The molecule has 30 heavy (non-hydrogen) atoms. The Morgan fingerprint density at radius 1 is 1.07 bits per heavy atom. The second-order valence-electron chi connectivity index (χ2n) is 6.54. The minimum atomic E-state index is -0.185. The number of benzene rings is 1. The molecule has 2 heterocycles. The topological polar surface area (TPSA) is 103 Å². The largest absolute Gasteiger partial charge is 0.490 e. The van der Waals surface area contributed by atoms with Gasteiger partial charge in [-0.3, -0.25) is 4.79 Å². The molecule has 0 aliphatic rings. The van der Waals surface area contributed by atoms with Crippen molar-refractivity contribution >= 4 is 22.8 Å². The minimum absolute atomic E-state index is 0.185. The van der Waals surface area contributed by atoms with Crippen molar-refractivity contribution in [3.05, 3.63) is 36.3 Å². The lowest BCUT2D eigenvalue weighted by Gasteiger charge is -2.12. The molecule has 0 unspecified atom stereocenters. The molecule has 0 aliphatic carbocycles. The fourth-order valence-corrected chi connectivity index (χ4v) is 3.01. The summed E-state index contributed by atoms with van der Waals surface area (Å²) in [6, 6.07) is 5.18. The van der Waals surface area contributed by atoms with Crippen molar-refractivity contribution < 1.29 is 14.3 Å². The molecule has 1 amide bonds. The highest BCUT2D eigenvalue weighted by molar-refractivity contribution is 5.94. The van der Waals surface area contributed by atoms with Gasteiger partial charge in [0.2, 0.25) is 0 Å². The molecule has 1 aromatic carbocycles. The highest BCUT2D eigenvalue weighted by Gasteiger charge is 2.13. The van der Waals surface area contributed by atoms with Crippen LogP contribution in [0, 0.1) is 0 Å². The second-order valence-corrected chi connectivity index (χ2v) is 6.54. The molecule has 3 aromatic rings. The van der Waals surface area contributed by atoms with E-state index in [9.17, 15) is 4.79 Å². The van der Waals surface area contributed by atoms with Crippen LogP contribution in [0.2, 0.25) is 0 Å². The number of anilines is 1. The number of ether oxygens (including phenoxy) is 2. The third kappa shape index (κ3) is 4.97. The van der Waals surface area contributed by atoms with E-state index in [1.807, 2.05) is 13.8 Å². The predicted molar refractivity (Wildman–Crippen MR) is 115 cm³/mol. The molecule has 3 rings (SSSR count). The van der Waals surface area contributed by atoms with Gasteiger partial charge in [-0.15, -0.1) is 0 Å². The van der Waals surface area contributed by atoms with Crippen LogP contribution in [-0.2, 0) is 6.54 Å². The third-order valence-electron chi connectivity index (χ3n) is 4.39. The van der Waals surface area contributed by atoms with Gasteiger partial charge in [0.1, 0.15) is 12.1 Å². The van der Waals surface area contributed by atoms with Gasteiger partial charge < -0.3 is 20.1 Å². The third-order valence-corrected chi connectivity index (χ3v) is 4.39. The summed E-state index contributed by atoms with van der Waals surface area (Å²) < 4.78 is 12.9. The molecule has 2 N–H and O–H groups in total. The minimum Gasteiger partial charge on any atom is -0.490 e. The van der Waals surface area contributed by atoms with Crippen molar-refractivity contribution in [2.45, 2.75) is 33.7 Å². The maximum atomic E-state index is 12.6. The number of carbonyl (C=O) groups excluding carboxylic acids is 1. The summed E-state index contributed by atoms with van der Waals surface area (Å²) in [6.45, 7) is 8.66. The van der Waals surface area contributed by atoms with E-state index in [0.717, 1.165) is 29.8 Å². The van der Waals surface area contributed by atoms with Gasteiger partial charge >= 0.3 is 0 Å². The molecule has 0 aliphatic heterocycles. The Hall–Kier alpha value is -3.36. The van der Waals surface area contributed by atoms with E-state index in [1.165, 1.54) is 6.33 Å². The monoisotopic (exact) mass is 412 g/mol. The SMILES string of the molecule is CCCNc1ncnc2c1cnn2CCNC(=O)c1ccc(OCC)c(OCC)c1. The summed E-state index contributed by atoms with van der Waals surface area (Å²) in [7, 11) is 0. The summed E-state index contributed by atoms with van der Waals surface area (Å²) in [5.41, 5.74) is 1.25. The van der Waals surface area contributed by atoms with Crippen LogP contribution in [0.5, 0.6) is 11.5 Å². The summed E-state index contributed by atoms with van der Waals surface area (Å²) in [4.78, 5) is 21.2. The van der Waals surface area contributed by atoms with Gasteiger partial charge in [-0.25, -0.2) is 14.6 Å². The zero-order valence-electron chi connectivity index (χ0n) is 17.6. The lowest BCUT2D eigenvalue weighted by Crippen LogP contribution is -2.27. The average molecular weight is 412 g/mol. The lowest BCUT2D eigenvalue weighted by atomic mass is 10.2. The van der Waals surface area contributed by atoms with Crippen LogP contribution in [0.3, 0.4) is 0 Å². The molecule has 0 saturated carbocycles. The Bertz CT molecular complexity index is 988. The van der Waals surface area contributed by atoms with Gasteiger partial charge in [0.05, 0.1) is 31.3 Å². The molecule has 0 fully saturated rings. The average Bonchev–Trinajstić information content (AvgIpc) is 3.17. The maximum Gasteiger partial charge on any atom is 0.251 e. The van der Waals surface area contributed by atoms with E-state index in [4.69, 9.17) is 9.47 Å². The highest BCUT2D eigenvalue weighted by Crippen LogP contribution is 2.28. The summed E-state index contributed by atoms with van der Waals surface area (Å²) in [5, 5.41) is 11.5. The van der Waals surface area contributed by atoms with Gasteiger partial charge in [-0.1, -0.05) is 6.92 Å². The van der Waals surface area contributed by atoms with Gasteiger partial charge in [0, 0.05) is 18.7 Å². The number of hydrogen-bond donors (Lipinski definition) is 2. The number of hydrogen-bond acceptors (Lipinski definition) is 7. The number of fused-ring (bicyclic) bond motifs is 1. The van der Waals surface area contributed by atoms with Crippen LogP contribution in [-0.4, -0.2) is 52.0 Å². The van der Waals surface area contributed by atoms with Gasteiger partial charge in [-0.05, 0) is 38.5 Å². The first-order chi connectivity index (χ1) is 14.7. The molecule has 9 heteroatoms. The zero-order valence-corrected chi connectivity index (χ0v) is 17.6. The number of amides is 1. The number of nitrogens with zero attached hydrogens (tertiary/aromatic N) is 4. The first kappa shape index (κ1) is 21.4. The molecular weight excluding hydrogens is 384 g/mol. The number of rotatable bonds is 11. The molecule has 2 aromatic heterocycles. The normalized spacial score (nSPS) is 10.8. The van der Waals surface area contributed by atoms with Crippen molar-refractivity contribution in [2.24, 2.45) is 0 Å². The first-order valence-corrected chi connectivity index (χ1v) is 10.3. The quantitative estimate of drug-likeness (QED) is 0.499. The van der Waals surface area contributed by atoms with Gasteiger partial charge in [0.25, 0.3) is 5.91 Å². The molecule has 0 bridgehead atoms. The van der Waals surface area contributed by atoms with Crippen molar-refractivity contribution in [3.63, 3.8) is 0 Å². The fourth-order valence-electron chi connectivity index (χ4n) is 3.01. The van der Waals surface area contributed by atoms with Gasteiger partial charge in [0.15, 0.2) is 17.1 Å². The molecule has 160 valence electrons. The van der Waals surface area contributed by atoms with Crippen LogP contribution in [0.15, 0.2) is 30.7 Å². The Morgan fingerprint density at radius 3 is 2.63 bits per heavy atom. The van der Waals surface area contributed by atoms with E-state index < -0.39 is 0 Å².